The fraction of sp³-hybridized carbons (Fsp3) is 0.800. The van der Waals surface area contributed by atoms with Crippen molar-refractivity contribution in [2.45, 2.75) is 58.6 Å². The Kier molecular flexibility index (Phi) is 7.31. The summed E-state index contributed by atoms with van der Waals surface area (Å²) in [7, 11) is 0. The molecule has 1 heterocycles. The molecule has 7 heteroatoms. The molecule has 0 unspecified atom stereocenters. The summed E-state index contributed by atoms with van der Waals surface area (Å²) in [6, 6.07) is 0.238. The van der Waals surface area contributed by atoms with E-state index in [0.29, 0.717) is 6.54 Å². The maximum absolute atomic E-state index is 12.3. The third-order valence-corrected chi connectivity index (χ3v) is 3.25. The minimum atomic E-state index is -0.480. The van der Waals surface area contributed by atoms with Crippen molar-refractivity contribution in [3.8, 4) is 0 Å². The number of amides is 1. The zero-order valence-electron chi connectivity index (χ0n) is 14.2. The number of hydrazine groups is 1. The van der Waals surface area contributed by atoms with E-state index in [1.807, 2.05) is 20.8 Å². The molecule has 1 aliphatic heterocycles. The third kappa shape index (κ3) is 6.43. The zero-order valence-corrected chi connectivity index (χ0v) is 14.2. The summed E-state index contributed by atoms with van der Waals surface area (Å²) in [5.41, 5.74) is 4.69. The number of carbonyl (C=O) groups excluding carboxylic acids is 1. The van der Waals surface area contributed by atoms with Gasteiger partial charge in [-0.05, 0) is 40.0 Å². The molecule has 0 radical (unpaired) electrons. The first-order valence-corrected chi connectivity index (χ1v) is 7.87. The Morgan fingerprint density at radius 1 is 1.41 bits per heavy atom. The fourth-order valence-corrected chi connectivity index (χ4v) is 2.29. The van der Waals surface area contributed by atoms with E-state index in [2.05, 4.69) is 21.9 Å². The van der Waals surface area contributed by atoms with Crippen LogP contribution in [0.25, 0.3) is 0 Å². The SMILES string of the molecule is CCCN(C(=O)OC(C)(C)C)N1CCC(N=CN=CN)CC1. The molecule has 1 aliphatic rings. The average Bonchev–Trinajstić information content (AvgIpc) is 2.44. The van der Waals surface area contributed by atoms with Crippen molar-refractivity contribution in [1.82, 2.24) is 10.0 Å². The molecule has 0 saturated carbocycles. The van der Waals surface area contributed by atoms with E-state index >= 15 is 0 Å². The van der Waals surface area contributed by atoms with E-state index in [9.17, 15) is 4.79 Å². The van der Waals surface area contributed by atoms with Gasteiger partial charge in [0.25, 0.3) is 0 Å². The standard InChI is InChI=1S/C15H29N5O2/c1-5-8-20(14(21)22-15(2,3)4)19-9-6-13(7-10-19)18-12-17-11-16/h11-13H,5-10H2,1-4H3,(H2,16,17,18). The Labute approximate surface area is 133 Å². The van der Waals surface area contributed by atoms with Crippen molar-refractivity contribution in [3.05, 3.63) is 0 Å². The molecule has 0 bridgehead atoms. The normalized spacial score (nSPS) is 18.2. The van der Waals surface area contributed by atoms with Gasteiger partial charge in [0, 0.05) is 19.6 Å². The molecule has 1 amide bonds. The molecule has 126 valence electrons. The minimum absolute atomic E-state index is 0.238. The van der Waals surface area contributed by atoms with E-state index in [-0.39, 0.29) is 12.1 Å². The predicted molar refractivity (Wildman–Crippen MR) is 89.0 cm³/mol. The molecule has 2 N–H and O–H groups in total. The van der Waals surface area contributed by atoms with Crippen LogP contribution in [0.1, 0.15) is 47.0 Å². The number of rotatable bonds is 5. The largest absolute Gasteiger partial charge is 0.443 e. The van der Waals surface area contributed by atoms with Crippen molar-refractivity contribution in [2.75, 3.05) is 19.6 Å². The molecule has 1 fully saturated rings. The lowest BCUT2D eigenvalue weighted by Gasteiger charge is -2.39. The molecule has 0 aliphatic carbocycles. The molecule has 1 saturated heterocycles. The number of piperidine rings is 1. The van der Waals surface area contributed by atoms with Crippen molar-refractivity contribution >= 4 is 18.8 Å². The second-order valence-corrected chi connectivity index (χ2v) is 6.35. The predicted octanol–water partition coefficient (Wildman–Crippen LogP) is 2.03. The first kappa shape index (κ1) is 18.4. The number of carbonyl (C=O) groups is 1. The van der Waals surface area contributed by atoms with Crippen LogP contribution in [-0.2, 0) is 4.74 Å². The third-order valence-electron chi connectivity index (χ3n) is 3.25. The van der Waals surface area contributed by atoms with Crippen LogP contribution in [0.4, 0.5) is 4.79 Å². The fourth-order valence-electron chi connectivity index (χ4n) is 2.29. The lowest BCUT2D eigenvalue weighted by Crippen LogP contribution is -2.52. The molecule has 1 rings (SSSR count). The van der Waals surface area contributed by atoms with Crippen molar-refractivity contribution in [2.24, 2.45) is 15.7 Å². The van der Waals surface area contributed by atoms with Gasteiger partial charge in [-0.25, -0.2) is 19.8 Å². The number of nitrogens with two attached hydrogens (primary N) is 1. The van der Waals surface area contributed by atoms with Crippen molar-refractivity contribution in [3.63, 3.8) is 0 Å². The monoisotopic (exact) mass is 311 g/mol. The molecule has 0 spiro atoms. The molecular weight excluding hydrogens is 282 g/mol. The van der Waals surface area contributed by atoms with E-state index in [1.165, 1.54) is 12.7 Å². The quantitative estimate of drug-likeness (QED) is 0.622. The molecule has 0 aromatic rings. The second kappa shape index (κ2) is 8.73. The van der Waals surface area contributed by atoms with Crippen LogP contribution in [-0.4, -0.2) is 60.1 Å². The average molecular weight is 311 g/mol. The molecule has 0 atom stereocenters. The van der Waals surface area contributed by atoms with Crippen molar-refractivity contribution < 1.29 is 9.53 Å². The lowest BCUT2D eigenvalue weighted by molar-refractivity contribution is -0.0604. The summed E-state index contributed by atoms with van der Waals surface area (Å²) in [6.07, 6.45) is 5.12. The van der Waals surface area contributed by atoms with Crippen LogP contribution in [0.2, 0.25) is 0 Å². The summed E-state index contributed by atoms with van der Waals surface area (Å²) in [4.78, 5) is 20.5. The molecular formula is C15H29N5O2. The van der Waals surface area contributed by atoms with Crippen LogP contribution in [0, 0.1) is 0 Å². The summed E-state index contributed by atoms with van der Waals surface area (Å²) in [5.74, 6) is 0. The minimum Gasteiger partial charge on any atom is -0.443 e. The molecule has 0 aromatic carbocycles. The highest BCUT2D eigenvalue weighted by Crippen LogP contribution is 2.18. The van der Waals surface area contributed by atoms with E-state index in [1.54, 1.807) is 5.01 Å². The Bertz CT molecular complexity index is 395. The number of aliphatic imine (C=N–C) groups is 2. The van der Waals surface area contributed by atoms with Gasteiger partial charge in [-0.1, -0.05) is 6.92 Å². The van der Waals surface area contributed by atoms with Crippen LogP contribution in [0.15, 0.2) is 9.98 Å². The summed E-state index contributed by atoms with van der Waals surface area (Å²) in [6.45, 7) is 9.94. The maximum Gasteiger partial charge on any atom is 0.424 e. The first-order valence-electron chi connectivity index (χ1n) is 7.87. The van der Waals surface area contributed by atoms with Gasteiger partial charge < -0.3 is 10.5 Å². The van der Waals surface area contributed by atoms with Crippen LogP contribution < -0.4 is 5.73 Å². The van der Waals surface area contributed by atoms with Gasteiger partial charge >= 0.3 is 6.09 Å². The van der Waals surface area contributed by atoms with Gasteiger partial charge in [-0.3, -0.25) is 4.99 Å². The van der Waals surface area contributed by atoms with Gasteiger partial charge in [-0.2, -0.15) is 0 Å². The van der Waals surface area contributed by atoms with Gasteiger partial charge in [0.1, 0.15) is 11.9 Å². The van der Waals surface area contributed by atoms with Crippen LogP contribution in [0.5, 0.6) is 0 Å². The summed E-state index contributed by atoms with van der Waals surface area (Å²) in [5, 5.41) is 3.79. The number of hydrogen-bond donors (Lipinski definition) is 1. The summed E-state index contributed by atoms with van der Waals surface area (Å²) >= 11 is 0. The Morgan fingerprint density at radius 3 is 2.55 bits per heavy atom. The number of hydrogen-bond acceptors (Lipinski definition) is 4. The Hall–Kier alpha value is -1.63. The van der Waals surface area contributed by atoms with Crippen LogP contribution >= 0.6 is 0 Å². The Balaban J connectivity index is 2.58. The number of ether oxygens (including phenoxy) is 1. The topological polar surface area (TPSA) is 83.5 Å². The zero-order chi connectivity index (χ0) is 16.6. The van der Waals surface area contributed by atoms with Crippen molar-refractivity contribution in [1.29, 1.82) is 0 Å². The van der Waals surface area contributed by atoms with E-state index in [0.717, 1.165) is 32.4 Å². The molecule has 22 heavy (non-hydrogen) atoms. The van der Waals surface area contributed by atoms with Gasteiger partial charge in [0.2, 0.25) is 0 Å². The number of nitrogens with zero attached hydrogens (tertiary/aromatic N) is 4. The smallest absolute Gasteiger partial charge is 0.424 e. The van der Waals surface area contributed by atoms with E-state index < -0.39 is 5.60 Å². The molecule has 0 aromatic heterocycles. The highest BCUT2D eigenvalue weighted by molar-refractivity contribution is 5.69. The second-order valence-electron chi connectivity index (χ2n) is 6.35. The Morgan fingerprint density at radius 2 is 2.05 bits per heavy atom. The van der Waals surface area contributed by atoms with Gasteiger partial charge in [-0.15, -0.1) is 0 Å². The highest BCUT2D eigenvalue weighted by Gasteiger charge is 2.29. The first-order chi connectivity index (χ1) is 10.4. The molecule has 7 nitrogen and oxygen atoms in total. The lowest BCUT2D eigenvalue weighted by atomic mass is 10.1. The van der Waals surface area contributed by atoms with Crippen LogP contribution in [0.3, 0.4) is 0 Å². The van der Waals surface area contributed by atoms with Gasteiger partial charge in [0.05, 0.1) is 12.4 Å². The van der Waals surface area contributed by atoms with Gasteiger partial charge in [0.15, 0.2) is 0 Å². The highest BCUT2D eigenvalue weighted by atomic mass is 16.6. The summed E-state index contributed by atoms with van der Waals surface area (Å²) < 4.78 is 5.49. The maximum atomic E-state index is 12.3. The van der Waals surface area contributed by atoms with E-state index in [4.69, 9.17) is 10.5 Å².